The van der Waals surface area contributed by atoms with Crippen molar-refractivity contribution in [3.8, 4) is 11.5 Å². The Kier molecular flexibility index (Phi) is 15.6. The number of phenolic OH excluding ortho intramolecular Hbond substituents is 1. The standard InChI is InChI=1S/C38H63N3O8/c1-5-6-7-8-9-10-11-12-13-14-15-16-17-18-20-38(4)21-19-29-30(32(43)26(2)27(3)36(29)49-38)23-41-22-28(39-40-41)25-47-37-35(46)34(45)33(44)31(24-42)48-37/h22,31,33-35,37,42-46H,5-21,23-25H2,1-4H3/t31-,33-,34+,35-,37-,38?/m1/s1. The molecule has 6 atom stereocenters. The lowest BCUT2D eigenvalue weighted by molar-refractivity contribution is -0.304. The van der Waals surface area contributed by atoms with E-state index in [0.717, 1.165) is 53.7 Å². The van der Waals surface area contributed by atoms with Crippen molar-refractivity contribution < 1.29 is 39.7 Å². The van der Waals surface area contributed by atoms with Crippen LogP contribution in [0, 0.1) is 13.8 Å². The Morgan fingerprint density at radius 3 is 2.10 bits per heavy atom. The highest BCUT2D eigenvalue weighted by molar-refractivity contribution is 5.59. The number of aromatic hydroxyl groups is 1. The molecule has 0 amide bonds. The van der Waals surface area contributed by atoms with Gasteiger partial charge in [-0.3, -0.25) is 0 Å². The predicted molar refractivity (Wildman–Crippen MR) is 188 cm³/mol. The van der Waals surface area contributed by atoms with Crippen molar-refractivity contribution in [3.63, 3.8) is 0 Å². The second kappa shape index (κ2) is 19.4. The van der Waals surface area contributed by atoms with E-state index in [1.54, 1.807) is 10.9 Å². The third-order valence-electron chi connectivity index (χ3n) is 10.6. The lowest BCUT2D eigenvalue weighted by Gasteiger charge is -2.39. The first-order valence-electron chi connectivity index (χ1n) is 18.9. The van der Waals surface area contributed by atoms with Crippen molar-refractivity contribution in [1.82, 2.24) is 15.0 Å². The maximum Gasteiger partial charge on any atom is 0.187 e. The molecule has 1 unspecified atom stereocenters. The molecule has 2 aromatic rings. The zero-order chi connectivity index (χ0) is 35.4. The Morgan fingerprint density at radius 2 is 1.49 bits per heavy atom. The molecule has 49 heavy (non-hydrogen) atoms. The van der Waals surface area contributed by atoms with E-state index >= 15 is 0 Å². The molecule has 0 radical (unpaired) electrons. The van der Waals surface area contributed by atoms with Crippen molar-refractivity contribution in [2.45, 2.75) is 186 Å². The van der Waals surface area contributed by atoms with Crippen LogP contribution in [-0.4, -0.2) is 83.4 Å². The van der Waals surface area contributed by atoms with Crippen LogP contribution in [0.15, 0.2) is 6.20 Å². The van der Waals surface area contributed by atoms with Gasteiger partial charge in [0.25, 0.3) is 0 Å². The number of ether oxygens (including phenoxy) is 3. The average molecular weight is 690 g/mol. The Bertz CT molecular complexity index is 1290. The van der Waals surface area contributed by atoms with Crippen LogP contribution in [0.25, 0.3) is 0 Å². The number of rotatable bonds is 21. The van der Waals surface area contributed by atoms with Crippen LogP contribution in [-0.2, 0) is 29.0 Å². The molecule has 2 aliphatic heterocycles. The molecule has 11 nitrogen and oxygen atoms in total. The molecular weight excluding hydrogens is 626 g/mol. The minimum absolute atomic E-state index is 0.0829. The second-order valence-electron chi connectivity index (χ2n) is 14.7. The van der Waals surface area contributed by atoms with Crippen molar-refractivity contribution in [2.75, 3.05) is 6.61 Å². The highest BCUT2D eigenvalue weighted by Crippen LogP contribution is 2.45. The molecule has 0 spiro atoms. The van der Waals surface area contributed by atoms with Gasteiger partial charge in [-0.2, -0.15) is 0 Å². The van der Waals surface area contributed by atoms with Gasteiger partial charge < -0.3 is 39.7 Å². The van der Waals surface area contributed by atoms with Crippen LogP contribution in [0.4, 0.5) is 0 Å². The van der Waals surface area contributed by atoms with Gasteiger partial charge in [-0.1, -0.05) is 95.6 Å². The number of fused-ring (bicyclic) bond motifs is 1. The van der Waals surface area contributed by atoms with Crippen LogP contribution in [0.1, 0.15) is 145 Å². The van der Waals surface area contributed by atoms with E-state index in [-0.39, 0.29) is 18.0 Å². The van der Waals surface area contributed by atoms with Crippen LogP contribution < -0.4 is 4.74 Å². The summed E-state index contributed by atoms with van der Waals surface area (Å²) in [7, 11) is 0. The van der Waals surface area contributed by atoms with Crippen molar-refractivity contribution >= 4 is 0 Å². The SMILES string of the molecule is CCCCCCCCCCCCCCCCC1(C)CCc2c(Cn3cc(CO[C@@H]4O[C@H](CO)[C@@H](O)[C@H](O)[C@H]4O)nn3)c(O)c(C)c(C)c2O1. The molecule has 1 saturated heterocycles. The maximum absolute atomic E-state index is 11.2. The van der Waals surface area contributed by atoms with E-state index in [1.165, 1.54) is 83.5 Å². The highest BCUT2D eigenvalue weighted by Gasteiger charge is 2.44. The van der Waals surface area contributed by atoms with Gasteiger partial charge in [0.15, 0.2) is 6.29 Å². The van der Waals surface area contributed by atoms with E-state index < -0.39 is 37.3 Å². The largest absolute Gasteiger partial charge is 0.507 e. The molecule has 11 heteroatoms. The fourth-order valence-electron chi connectivity index (χ4n) is 7.23. The van der Waals surface area contributed by atoms with Gasteiger partial charge in [-0.05, 0) is 57.6 Å². The molecule has 4 rings (SSSR count). The molecule has 5 N–H and O–H groups in total. The third-order valence-corrected chi connectivity index (χ3v) is 10.6. The Hall–Kier alpha value is -2.28. The fraction of sp³-hybridized carbons (Fsp3) is 0.789. The van der Waals surface area contributed by atoms with Crippen molar-refractivity contribution in [2.24, 2.45) is 0 Å². The van der Waals surface area contributed by atoms with E-state index in [9.17, 15) is 25.5 Å². The van der Waals surface area contributed by atoms with Gasteiger partial charge in [-0.15, -0.1) is 5.10 Å². The van der Waals surface area contributed by atoms with Crippen LogP contribution >= 0.6 is 0 Å². The number of nitrogens with zero attached hydrogens (tertiary/aromatic N) is 3. The minimum atomic E-state index is -1.52. The molecular formula is C38H63N3O8. The van der Waals surface area contributed by atoms with E-state index in [0.29, 0.717) is 12.2 Å². The zero-order valence-corrected chi connectivity index (χ0v) is 30.4. The number of benzene rings is 1. The van der Waals surface area contributed by atoms with Gasteiger partial charge in [0, 0.05) is 11.1 Å². The number of unbranched alkanes of at least 4 members (excludes halogenated alkanes) is 13. The van der Waals surface area contributed by atoms with Gasteiger partial charge in [0.05, 0.1) is 26.0 Å². The summed E-state index contributed by atoms with van der Waals surface area (Å²) < 4.78 is 19.4. The van der Waals surface area contributed by atoms with Crippen molar-refractivity contribution in [1.29, 1.82) is 0 Å². The number of aromatic nitrogens is 3. The third kappa shape index (κ3) is 10.9. The normalized spacial score (nSPS) is 25.3. The monoisotopic (exact) mass is 689 g/mol. The van der Waals surface area contributed by atoms with E-state index in [1.807, 2.05) is 13.8 Å². The summed E-state index contributed by atoms with van der Waals surface area (Å²) in [5.74, 6) is 1.11. The molecule has 3 heterocycles. The maximum atomic E-state index is 11.2. The summed E-state index contributed by atoms with van der Waals surface area (Å²) >= 11 is 0. The summed E-state index contributed by atoms with van der Waals surface area (Å²) in [5, 5.41) is 59.3. The summed E-state index contributed by atoms with van der Waals surface area (Å²) in [6.07, 6.45) is 16.4. The summed E-state index contributed by atoms with van der Waals surface area (Å²) in [5.41, 5.74) is 3.75. The van der Waals surface area contributed by atoms with E-state index in [2.05, 4.69) is 24.2 Å². The van der Waals surface area contributed by atoms with Crippen LogP contribution in [0.5, 0.6) is 11.5 Å². The van der Waals surface area contributed by atoms with Crippen LogP contribution in [0.3, 0.4) is 0 Å². The second-order valence-corrected chi connectivity index (χ2v) is 14.7. The quantitative estimate of drug-likeness (QED) is 0.0996. The van der Waals surface area contributed by atoms with E-state index in [4.69, 9.17) is 14.2 Å². The molecule has 278 valence electrons. The molecule has 1 aromatic heterocycles. The minimum Gasteiger partial charge on any atom is -0.507 e. The Balaban J connectivity index is 1.24. The van der Waals surface area contributed by atoms with Gasteiger partial charge in [0.2, 0.25) is 0 Å². The molecule has 0 saturated carbocycles. The molecule has 2 aliphatic rings. The number of phenols is 1. The average Bonchev–Trinajstić information content (AvgIpc) is 3.55. The number of aliphatic hydroxyl groups is 4. The Morgan fingerprint density at radius 1 is 0.878 bits per heavy atom. The topological polar surface area (TPSA) is 160 Å². The summed E-state index contributed by atoms with van der Waals surface area (Å²) in [4.78, 5) is 0. The highest BCUT2D eigenvalue weighted by atomic mass is 16.7. The smallest absolute Gasteiger partial charge is 0.187 e. The van der Waals surface area contributed by atoms with Gasteiger partial charge in [-0.25, -0.2) is 4.68 Å². The fourth-order valence-corrected chi connectivity index (χ4v) is 7.23. The molecule has 0 aliphatic carbocycles. The van der Waals surface area contributed by atoms with Crippen molar-refractivity contribution in [3.05, 3.63) is 34.1 Å². The summed E-state index contributed by atoms with van der Waals surface area (Å²) in [6.45, 7) is 8.10. The first-order valence-corrected chi connectivity index (χ1v) is 18.9. The lowest BCUT2D eigenvalue weighted by Crippen LogP contribution is -2.59. The number of hydrogen-bond donors (Lipinski definition) is 5. The summed E-state index contributed by atoms with van der Waals surface area (Å²) in [6, 6.07) is 0. The van der Waals surface area contributed by atoms with Crippen LogP contribution in [0.2, 0.25) is 0 Å². The first-order chi connectivity index (χ1) is 23.6. The predicted octanol–water partition coefficient (Wildman–Crippen LogP) is 5.92. The molecule has 1 fully saturated rings. The Labute approximate surface area is 293 Å². The lowest BCUT2D eigenvalue weighted by atomic mass is 9.84. The zero-order valence-electron chi connectivity index (χ0n) is 30.4. The molecule has 0 bridgehead atoms. The number of aliphatic hydroxyl groups excluding tert-OH is 4. The van der Waals surface area contributed by atoms with Gasteiger partial charge >= 0.3 is 0 Å². The van der Waals surface area contributed by atoms with Gasteiger partial charge in [0.1, 0.15) is 47.2 Å². The first kappa shape index (κ1) is 39.5. The molecule has 1 aromatic carbocycles. The number of hydrogen-bond acceptors (Lipinski definition) is 10.